The van der Waals surface area contributed by atoms with Crippen molar-refractivity contribution in [3.63, 3.8) is 0 Å². The molecule has 0 fully saturated rings. The molecule has 0 bridgehead atoms. The van der Waals surface area contributed by atoms with E-state index in [-0.39, 0.29) is 17.3 Å². The van der Waals surface area contributed by atoms with Crippen molar-refractivity contribution in [2.24, 2.45) is 0 Å². The zero-order valence-electron chi connectivity index (χ0n) is 22.9. The summed E-state index contributed by atoms with van der Waals surface area (Å²) in [5.74, 6) is -0.721. The molecule has 7 nitrogen and oxygen atoms in total. The fourth-order valence-corrected chi connectivity index (χ4v) is 6.08. The molecule has 0 heterocycles. The second-order valence-corrected chi connectivity index (χ2v) is 12.3. The van der Waals surface area contributed by atoms with Crippen LogP contribution in [0.5, 0.6) is 0 Å². The van der Waals surface area contributed by atoms with Gasteiger partial charge in [-0.25, -0.2) is 8.42 Å². The number of hydrogen-bond acceptors (Lipinski definition) is 4. The van der Waals surface area contributed by atoms with Crippen LogP contribution in [0.2, 0.25) is 0 Å². The molecule has 1 N–H and O–H groups in total. The van der Waals surface area contributed by atoms with Gasteiger partial charge in [0.25, 0.3) is 10.0 Å². The molecule has 3 aromatic carbocycles. The van der Waals surface area contributed by atoms with Crippen LogP contribution >= 0.6 is 15.9 Å². The van der Waals surface area contributed by atoms with Gasteiger partial charge in [0.15, 0.2) is 0 Å². The van der Waals surface area contributed by atoms with Gasteiger partial charge in [-0.15, -0.1) is 0 Å². The van der Waals surface area contributed by atoms with Gasteiger partial charge in [-0.05, 0) is 62.6 Å². The number of benzene rings is 3. The number of sulfonamides is 1. The van der Waals surface area contributed by atoms with Gasteiger partial charge < -0.3 is 10.2 Å². The van der Waals surface area contributed by atoms with Crippen molar-refractivity contribution < 1.29 is 18.0 Å². The molecular weight excluding hydrogens is 578 g/mol. The predicted molar refractivity (Wildman–Crippen MR) is 159 cm³/mol. The number of aryl methyl sites for hydroxylation is 2. The lowest BCUT2D eigenvalue weighted by Gasteiger charge is -2.33. The minimum Gasteiger partial charge on any atom is -0.354 e. The van der Waals surface area contributed by atoms with E-state index in [2.05, 4.69) is 21.2 Å². The summed E-state index contributed by atoms with van der Waals surface area (Å²) in [5, 5.41) is 2.90. The molecule has 0 saturated carbocycles. The Kier molecular flexibility index (Phi) is 10.7. The quantitative estimate of drug-likeness (QED) is 0.288. The Hall–Kier alpha value is -3.17. The maximum Gasteiger partial charge on any atom is 0.264 e. The molecule has 0 saturated heterocycles. The highest BCUT2D eigenvalue weighted by atomic mass is 79.9. The van der Waals surface area contributed by atoms with E-state index in [4.69, 9.17) is 0 Å². The molecule has 39 heavy (non-hydrogen) atoms. The second kappa shape index (κ2) is 13.8. The number of carbonyl (C=O) groups excluding carboxylic acids is 2. The van der Waals surface area contributed by atoms with Crippen LogP contribution in [0.25, 0.3) is 0 Å². The standard InChI is InChI=1S/C30H36BrN3O4S/c1-5-17-32-30(36)28(6-2)33(20-24-10-7-9-23(4)18-24)29(35)21-34(26-12-8-11-25(31)19-26)39(37,38)27-15-13-22(3)14-16-27/h7-16,18-19,28H,5-6,17,20-21H2,1-4H3,(H,32,36). The Morgan fingerprint density at radius 1 is 0.923 bits per heavy atom. The smallest absolute Gasteiger partial charge is 0.264 e. The summed E-state index contributed by atoms with van der Waals surface area (Å²) in [4.78, 5) is 28.8. The highest BCUT2D eigenvalue weighted by Gasteiger charge is 2.33. The van der Waals surface area contributed by atoms with E-state index in [1.54, 1.807) is 36.4 Å². The fraction of sp³-hybridized carbons (Fsp3) is 0.333. The van der Waals surface area contributed by atoms with E-state index in [9.17, 15) is 18.0 Å². The van der Waals surface area contributed by atoms with Crippen molar-refractivity contribution in [2.75, 3.05) is 17.4 Å². The molecular formula is C30H36BrN3O4S. The van der Waals surface area contributed by atoms with Crippen molar-refractivity contribution in [2.45, 2.75) is 58.0 Å². The molecule has 0 aliphatic heterocycles. The van der Waals surface area contributed by atoms with Crippen LogP contribution in [0.15, 0.2) is 82.2 Å². The first-order valence-electron chi connectivity index (χ1n) is 13.0. The fourth-order valence-electron chi connectivity index (χ4n) is 4.29. The number of nitrogens with one attached hydrogen (secondary N) is 1. The van der Waals surface area contributed by atoms with Crippen molar-refractivity contribution >= 4 is 43.5 Å². The molecule has 2 amide bonds. The van der Waals surface area contributed by atoms with Crippen molar-refractivity contribution in [3.05, 3.63) is 94.0 Å². The number of carbonyl (C=O) groups is 2. The summed E-state index contributed by atoms with van der Waals surface area (Å²) >= 11 is 3.42. The summed E-state index contributed by atoms with van der Waals surface area (Å²) in [6, 6.07) is 20.3. The topological polar surface area (TPSA) is 86.8 Å². The van der Waals surface area contributed by atoms with Crippen LogP contribution in [0.1, 0.15) is 43.4 Å². The van der Waals surface area contributed by atoms with E-state index >= 15 is 0 Å². The highest BCUT2D eigenvalue weighted by Crippen LogP contribution is 2.27. The minimum atomic E-state index is -4.10. The van der Waals surface area contributed by atoms with Crippen molar-refractivity contribution in [1.29, 1.82) is 0 Å². The molecule has 1 unspecified atom stereocenters. The first kappa shape index (κ1) is 30.4. The predicted octanol–water partition coefficient (Wildman–Crippen LogP) is 5.59. The van der Waals surface area contributed by atoms with Crippen molar-refractivity contribution in [3.8, 4) is 0 Å². The second-order valence-electron chi connectivity index (χ2n) is 9.53. The average Bonchev–Trinajstić information content (AvgIpc) is 2.90. The normalized spacial score (nSPS) is 12.0. The number of amides is 2. The Bertz CT molecular complexity index is 1390. The van der Waals surface area contributed by atoms with Gasteiger partial charge in [0.05, 0.1) is 10.6 Å². The zero-order valence-corrected chi connectivity index (χ0v) is 25.3. The van der Waals surface area contributed by atoms with Gasteiger partial charge in [-0.2, -0.15) is 0 Å². The van der Waals surface area contributed by atoms with Crippen LogP contribution in [0.3, 0.4) is 0 Å². The van der Waals surface area contributed by atoms with E-state index in [0.29, 0.717) is 23.1 Å². The molecule has 0 aliphatic carbocycles. The molecule has 208 valence electrons. The van der Waals surface area contributed by atoms with Crippen LogP contribution < -0.4 is 9.62 Å². The van der Waals surface area contributed by atoms with Crippen molar-refractivity contribution in [1.82, 2.24) is 10.2 Å². The average molecular weight is 615 g/mol. The van der Waals surface area contributed by atoms with Crippen LogP contribution in [0.4, 0.5) is 5.69 Å². The van der Waals surface area contributed by atoms with Gasteiger partial charge in [-0.3, -0.25) is 13.9 Å². The summed E-state index contributed by atoms with van der Waals surface area (Å²) in [5.41, 5.74) is 3.16. The number of halogens is 1. The lowest BCUT2D eigenvalue weighted by molar-refractivity contribution is -0.140. The lowest BCUT2D eigenvalue weighted by atomic mass is 10.1. The summed E-state index contributed by atoms with van der Waals surface area (Å²) in [6.07, 6.45) is 1.15. The lowest BCUT2D eigenvalue weighted by Crippen LogP contribution is -2.52. The Balaban J connectivity index is 2.05. The number of rotatable bonds is 12. The monoisotopic (exact) mass is 613 g/mol. The van der Waals surface area contributed by atoms with Gasteiger partial charge in [-0.1, -0.05) is 83.4 Å². The Morgan fingerprint density at radius 2 is 1.62 bits per heavy atom. The molecule has 3 rings (SSSR count). The van der Waals surface area contributed by atoms with E-state index < -0.39 is 28.5 Å². The largest absolute Gasteiger partial charge is 0.354 e. The summed E-state index contributed by atoms with van der Waals surface area (Å²) in [6.45, 7) is 7.86. The maximum absolute atomic E-state index is 14.0. The number of hydrogen-bond donors (Lipinski definition) is 1. The first-order chi connectivity index (χ1) is 18.6. The van der Waals surface area contributed by atoms with E-state index in [1.165, 1.54) is 17.0 Å². The van der Waals surface area contributed by atoms with E-state index in [0.717, 1.165) is 27.4 Å². The SMILES string of the molecule is CCCNC(=O)C(CC)N(Cc1cccc(C)c1)C(=O)CN(c1cccc(Br)c1)S(=O)(=O)c1ccc(C)cc1. The van der Waals surface area contributed by atoms with Gasteiger partial charge in [0.2, 0.25) is 11.8 Å². The summed E-state index contributed by atoms with van der Waals surface area (Å²) in [7, 11) is -4.10. The van der Waals surface area contributed by atoms with Gasteiger partial charge in [0, 0.05) is 17.6 Å². The van der Waals surface area contributed by atoms with Crippen LogP contribution in [-0.4, -0.2) is 44.3 Å². The molecule has 0 spiro atoms. The molecule has 0 radical (unpaired) electrons. The third kappa shape index (κ3) is 7.92. The number of nitrogens with zero attached hydrogens (tertiary/aromatic N) is 2. The first-order valence-corrected chi connectivity index (χ1v) is 15.3. The third-order valence-corrected chi connectivity index (χ3v) is 8.64. The molecule has 1 atom stereocenters. The number of anilines is 1. The summed E-state index contributed by atoms with van der Waals surface area (Å²) < 4.78 is 29.6. The Labute approximate surface area is 240 Å². The molecule has 0 aliphatic rings. The molecule has 3 aromatic rings. The minimum absolute atomic E-state index is 0.0823. The zero-order chi connectivity index (χ0) is 28.6. The van der Waals surface area contributed by atoms with Gasteiger partial charge in [0.1, 0.15) is 12.6 Å². The molecule has 0 aromatic heterocycles. The van der Waals surface area contributed by atoms with Gasteiger partial charge >= 0.3 is 0 Å². The highest BCUT2D eigenvalue weighted by molar-refractivity contribution is 9.10. The third-order valence-electron chi connectivity index (χ3n) is 6.35. The Morgan fingerprint density at radius 3 is 2.23 bits per heavy atom. The molecule has 9 heteroatoms. The van der Waals surface area contributed by atoms with E-state index in [1.807, 2.05) is 52.0 Å². The van der Waals surface area contributed by atoms with Crippen LogP contribution in [-0.2, 0) is 26.2 Å². The maximum atomic E-state index is 14.0. The van der Waals surface area contributed by atoms with Crippen LogP contribution in [0, 0.1) is 13.8 Å².